The Bertz CT molecular complexity index is 2050. The molecule has 0 aliphatic rings. The predicted molar refractivity (Wildman–Crippen MR) is 158 cm³/mol. The Kier molecular flexibility index (Phi) is 6.62. The summed E-state index contributed by atoms with van der Waals surface area (Å²) in [7, 11) is 0. The van der Waals surface area contributed by atoms with E-state index in [2.05, 4.69) is 32.2 Å². The van der Waals surface area contributed by atoms with Gasteiger partial charge in [-0.1, -0.05) is 42.2 Å². The smallest absolute Gasteiger partial charge is 0.264 e. The monoisotopic (exact) mass is 538 g/mol. The fourth-order valence-electron chi connectivity index (χ4n) is 4.93. The van der Waals surface area contributed by atoms with Gasteiger partial charge in [0.2, 0.25) is 0 Å². The molecule has 0 spiro atoms. The molecule has 4 heterocycles. The van der Waals surface area contributed by atoms with Crippen molar-refractivity contribution >= 4 is 22.3 Å². The van der Waals surface area contributed by atoms with Gasteiger partial charge in [0.15, 0.2) is 5.65 Å². The third kappa shape index (κ3) is 4.85. The molecule has 8 heteroatoms. The number of hydrogen-bond donors (Lipinski definition) is 1. The number of nitrogens with zero attached hydrogens (tertiary/aromatic N) is 5. The largest absolute Gasteiger partial charge is 0.344 e. The molecule has 200 valence electrons. The molecule has 1 atom stereocenters. The van der Waals surface area contributed by atoms with E-state index in [0.29, 0.717) is 39.2 Å². The van der Waals surface area contributed by atoms with Gasteiger partial charge in [0, 0.05) is 46.8 Å². The van der Waals surface area contributed by atoms with E-state index in [0.717, 1.165) is 16.6 Å². The molecule has 0 radical (unpaired) electrons. The average molecular weight is 539 g/mol. The van der Waals surface area contributed by atoms with Gasteiger partial charge in [-0.05, 0) is 68.6 Å². The van der Waals surface area contributed by atoms with E-state index >= 15 is 0 Å². The summed E-state index contributed by atoms with van der Waals surface area (Å²) in [5, 5.41) is 8.73. The highest BCUT2D eigenvalue weighted by Crippen LogP contribution is 2.24. The number of para-hydroxylation sites is 1. The van der Waals surface area contributed by atoms with Crippen LogP contribution < -0.4 is 10.9 Å². The number of carbonyl (C=O) groups excluding carboxylic acids is 1. The zero-order chi connectivity index (χ0) is 28.5. The van der Waals surface area contributed by atoms with Crippen molar-refractivity contribution < 1.29 is 4.79 Å². The lowest BCUT2D eigenvalue weighted by atomic mass is 10.0. The summed E-state index contributed by atoms with van der Waals surface area (Å²) in [6.07, 6.45) is 5.10. The van der Waals surface area contributed by atoms with Crippen molar-refractivity contribution in [2.45, 2.75) is 26.8 Å². The number of benzene rings is 2. The summed E-state index contributed by atoms with van der Waals surface area (Å²) in [6, 6.07) is 22.0. The van der Waals surface area contributed by atoms with Crippen LogP contribution >= 0.6 is 0 Å². The molecule has 0 aliphatic heterocycles. The number of pyridine rings is 2. The lowest BCUT2D eigenvalue weighted by Crippen LogP contribution is -2.32. The van der Waals surface area contributed by atoms with Crippen LogP contribution in [0.4, 0.5) is 0 Å². The van der Waals surface area contributed by atoms with Crippen molar-refractivity contribution in [2.75, 3.05) is 0 Å². The maximum absolute atomic E-state index is 14.2. The van der Waals surface area contributed by atoms with E-state index in [4.69, 9.17) is 0 Å². The van der Waals surface area contributed by atoms with E-state index in [-0.39, 0.29) is 11.5 Å². The summed E-state index contributed by atoms with van der Waals surface area (Å²) in [4.78, 5) is 36.4. The fourth-order valence-corrected chi connectivity index (χ4v) is 4.93. The Morgan fingerprint density at radius 3 is 2.56 bits per heavy atom. The van der Waals surface area contributed by atoms with Gasteiger partial charge in [-0.15, -0.1) is 0 Å². The molecule has 4 aromatic heterocycles. The first kappa shape index (κ1) is 25.7. The normalized spacial score (nSPS) is 11.7. The molecule has 0 aliphatic carbocycles. The minimum Gasteiger partial charge on any atom is -0.344 e. The second-order valence-corrected chi connectivity index (χ2v) is 9.80. The number of hydrogen-bond acceptors (Lipinski definition) is 5. The van der Waals surface area contributed by atoms with Crippen LogP contribution in [-0.4, -0.2) is 30.1 Å². The van der Waals surface area contributed by atoms with Crippen molar-refractivity contribution in [3.05, 3.63) is 136 Å². The van der Waals surface area contributed by atoms with Crippen LogP contribution in [0.1, 0.15) is 51.5 Å². The number of aryl methyl sites for hydroxylation is 2. The zero-order valence-corrected chi connectivity index (χ0v) is 22.8. The number of amides is 1. The first-order valence-corrected chi connectivity index (χ1v) is 13.2. The molecule has 0 unspecified atom stereocenters. The molecule has 0 saturated heterocycles. The summed E-state index contributed by atoms with van der Waals surface area (Å²) in [5.74, 6) is 5.99. The number of carbonyl (C=O) groups is 1. The van der Waals surface area contributed by atoms with Gasteiger partial charge >= 0.3 is 0 Å². The molecule has 41 heavy (non-hydrogen) atoms. The SMILES string of the molecule is Cc1ccc(C#Cc2cccc3cc([C@H](C)NC(=O)c4c(C)nn5cccnc45)n(-c4ccccc4)c(=O)c23)cn1. The molecule has 6 rings (SSSR count). The Morgan fingerprint density at radius 1 is 0.951 bits per heavy atom. The molecular formula is C33H26N6O2. The molecule has 1 N–H and O–H groups in total. The lowest BCUT2D eigenvalue weighted by Gasteiger charge is -2.21. The number of rotatable bonds is 4. The Balaban J connectivity index is 1.47. The summed E-state index contributed by atoms with van der Waals surface area (Å²) >= 11 is 0. The average Bonchev–Trinajstić information content (AvgIpc) is 3.32. The number of nitrogens with one attached hydrogen (secondary N) is 1. The van der Waals surface area contributed by atoms with Crippen molar-refractivity contribution in [3.8, 4) is 17.5 Å². The quantitative estimate of drug-likeness (QED) is 0.321. The second kappa shape index (κ2) is 10.5. The van der Waals surface area contributed by atoms with Crippen molar-refractivity contribution in [3.63, 3.8) is 0 Å². The lowest BCUT2D eigenvalue weighted by molar-refractivity contribution is 0.0939. The van der Waals surface area contributed by atoms with E-state index < -0.39 is 6.04 Å². The first-order chi connectivity index (χ1) is 19.9. The Hall–Kier alpha value is -5.55. The van der Waals surface area contributed by atoms with Gasteiger partial charge < -0.3 is 5.32 Å². The summed E-state index contributed by atoms with van der Waals surface area (Å²) in [5.41, 5.74) is 4.84. The maximum atomic E-state index is 14.2. The fraction of sp³-hybridized carbons (Fsp3) is 0.121. The summed E-state index contributed by atoms with van der Waals surface area (Å²) in [6.45, 7) is 5.56. The molecule has 0 fully saturated rings. The highest BCUT2D eigenvalue weighted by Gasteiger charge is 2.23. The van der Waals surface area contributed by atoms with Crippen molar-refractivity contribution in [2.24, 2.45) is 0 Å². The Labute approximate surface area is 236 Å². The number of fused-ring (bicyclic) bond motifs is 2. The van der Waals surface area contributed by atoms with Crippen LogP contribution in [0.3, 0.4) is 0 Å². The van der Waals surface area contributed by atoms with Gasteiger partial charge in [0.05, 0.1) is 17.1 Å². The third-order valence-electron chi connectivity index (χ3n) is 6.93. The minimum atomic E-state index is -0.522. The highest BCUT2D eigenvalue weighted by molar-refractivity contribution is 6.01. The Morgan fingerprint density at radius 2 is 1.78 bits per heavy atom. The topological polar surface area (TPSA) is 94.2 Å². The molecule has 1 amide bonds. The van der Waals surface area contributed by atoms with Crippen LogP contribution in [-0.2, 0) is 0 Å². The van der Waals surface area contributed by atoms with Gasteiger partial charge in [0.1, 0.15) is 5.56 Å². The van der Waals surface area contributed by atoms with Crippen molar-refractivity contribution in [1.29, 1.82) is 0 Å². The van der Waals surface area contributed by atoms with Gasteiger partial charge in [-0.3, -0.25) is 19.1 Å². The molecule has 6 aromatic rings. The minimum absolute atomic E-state index is 0.217. The van der Waals surface area contributed by atoms with Crippen molar-refractivity contribution in [1.82, 2.24) is 29.5 Å². The molecule has 0 bridgehead atoms. The summed E-state index contributed by atoms with van der Waals surface area (Å²) < 4.78 is 3.23. The molecule has 2 aromatic carbocycles. The van der Waals surface area contributed by atoms with Gasteiger partial charge in [0.25, 0.3) is 11.5 Å². The predicted octanol–water partition coefficient (Wildman–Crippen LogP) is 4.94. The van der Waals surface area contributed by atoms with E-state index in [1.54, 1.807) is 40.7 Å². The first-order valence-electron chi connectivity index (χ1n) is 13.2. The third-order valence-corrected chi connectivity index (χ3v) is 6.93. The second-order valence-electron chi connectivity index (χ2n) is 9.80. The standard InChI is InChI=1S/C33H26N6O2/c1-21-13-14-24(20-35-21)15-16-25-9-7-10-26-19-28(39(33(41)30(25)26)27-11-5-4-6-12-27)22(2)36-32(40)29-23(3)37-38-18-8-17-34-31(29)38/h4-14,17-20,22H,1-3H3,(H,36,40)/t22-/m0/s1. The van der Waals surface area contributed by atoms with Crippen LogP contribution in [0.25, 0.3) is 22.1 Å². The molecule has 8 nitrogen and oxygen atoms in total. The van der Waals surface area contributed by atoms with E-state index in [9.17, 15) is 9.59 Å². The van der Waals surface area contributed by atoms with Crippen LogP contribution in [0, 0.1) is 25.7 Å². The highest BCUT2D eigenvalue weighted by atomic mass is 16.2. The van der Waals surface area contributed by atoms with Crippen LogP contribution in [0.15, 0.2) is 96.2 Å². The van der Waals surface area contributed by atoms with E-state index in [1.165, 1.54) is 0 Å². The molecule has 0 saturated carbocycles. The molecular weight excluding hydrogens is 512 g/mol. The van der Waals surface area contributed by atoms with Gasteiger partial charge in [-0.2, -0.15) is 5.10 Å². The zero-order valence-electron chi connectivity index (χ0n) is 22.8. The van der Waals surface area contributed by atoms with Gasteiger partial charge in [-0.25, -0.2) is 9.50 Å². The maximum Gasteiger partial charge on any atom is 0.264 e. The van der Waals surface area contributed by atoms with Crippen LogP contribution in [0.5, 0.6) is 0 Å². The van der Waals surface area contributed by atoms with E-state index in [1.807, 2.05) is 80.6 Å². The number of aromatic nitrogens is 5. The van der Waals surface area contributed by atoms with Crippen LogP contribution in [0.2, 0.25) is 0 Å².